The normalized spacial score (nSPS) is 13.0. The third kappa shape index (κ3) is 9.81. The minimum absolute atomic E-state index is 0.0465. The summed E-state index contributed by atoms with van der Waals surface area (Å²) in [5, 5.41) is 7.36. The first kappa shape index (κ1) is 38.3. The molecule has 1 heterocycles. The molecule has 0 bridgehead atoms. The van der Waals surface area contributed by atoms with Gasteiger partial charge in [-0.15, -0.1) is 0 Å². The Balaban J connectivity index is 0.00000177. The quantitative estimate of drug-likeness (QED) is 0.0569. The second-order valence-corrected chi connectivity index (χ2v) is 11.8. The van der Waals surface area contributed by atoms with Crippen LogP contribution in [0.2, 0.25) is 0 Å². The molecule has 1 fully saturated rings. The number of likely N-dealkylation sites (tertiary alicyclic amines) is 1. The van der Waals surface area contributed by atoms with Crippen LogP contribution in [0.15, 0.2) is 84.0 Å². The smallest absolute Gasteiger partial charge is 0.192 e. The number of hydrogen-bond donors (Lipinski definition) is 2. The third-order valence-electron chi connectivity index (χ3n) is 7.61. The molecule has 1 aliphatic heterocycles. The topological polar surface area (TPSA) is 69.4 Å². The molecule has 1 aliphatic rings. The Morgan fingerprint density at radius 3 is 2.26 bits per heavy atom. The molecule has 250 valence electrons. The molecule has 0 atom stereocenters. The Labute approximate surface area is 283 Å². The standard InChI is InChI=1S/C34H44N6OS.2C2H6/c1-7-13-26(39-20-11-12-21-39)23-36-24-38(8-2)30-18-17-29(27-14-9-10-15-28(27)30)37-33(42)40(35)31-22-25(34(3,4)5)16-19-32(31)41-6;2*1-2/h7,9-10,13-19,22,24H,1,8,11-12,20-21,23,35H2,2-6H3,(H,37,42);2*1-2H3/b26-13+,36-24?;;. The molecule has 3 aromatic carbocycles. The van der Waals surface area contributed by atoms with E-state index in [4.69, 9.17) is 27.8 Å². The van der Waals surface area contributed by atoms with Crippen LogP contribution < -0.4 is 25.8 Å². The number of fused-ring (bicyclic) bond motifs is 1. The fourth-order valence-electron chi connectivity index (χ4n) is 5.22. The zero-order chi connectivity index (χ0) is 34.3. The molecule has 46 heavy (non-hydrogen) atoms. The number of ether oxygens (including phenoxy) is 1. The van der Waals surface area contributed by atoms with Crippen molar-refractivity contribution in [3.8, 4) is 5.75 Å². The fraction of sp³-hybridized carbons (Fsp3) is 0.421. The number of benzene rings is 3. The monoisotopic (exact) mass is 644 g/mol. The third-order valence-corrected chi connectivity index (χ3v) is 7.91. The van der Waals surface area contributed by atoms with Crippen LogP contribution in [-0.2, 0) is 5.41 Å². The molecule has 7 nitrogen and oxygen atoms in total. The van der Waals surface area contributed by atoms with Crippen LogP contribution in [0.25, 0.3) is 10.8 Å². The Morgan fingerprint density at radius 2 is 1.67 bits per heavy atom. The molecular weight excluding hydrogens is 589 g/mol. The van der Waals surface area contributed by atoms with Crippen LogP contribution in [0.5, 0.6) is 5.75 Å². The van der Waals surface area contributed by atoms with Crippen molar-refractivity contribution in [1.82, 2.24) is 4.90 Å². The van der Waals surface area contributed by atoms with Crippen LogP contribution in [0, 0.1) is 0 Å². The van der Waals surface area contributed by atoms with Gasteiger partial charge in [-0.25, -0.2) is 5.84 Å². The predicted molar refractivity (Wildman–Crippen MR) is 207 cm³/mol. The lowest BCUT2D eigenvalue weighted by molar-refractivity contribution is 0.415. The van der Waals surface area contributed by atoms with E-state index in [-0.39, 0.29) is 5.41 Å². The van der Waals surface area contributed by atoms with Crippen molar-refractivity contribution >= 4 is 51.5 Å². The molecular formula is C38H56N6OS. The fourth-order valence-corrected chi connectivity index (χ4v) is 5.43. The molecule has 0 aromatic heterocycles. The molecule has 0 radical (unpaired) electrons. The number of rotatable bonds is 10. The van der Waals surface area contributed by atoms with E-state index >= 15 is 0 Å². The van der Waals surface area contributed by atoms with Crippen molar-refractivity contribution < 1.29 is 4.74 Å². The Morgan fingerprint density at radius 1 is 1.02 bits per heavy atom. The molecule has 8 heteroatoms. The summed E-state index contributed by atoms with van der Waals surface area (Å²) in [4.78, 5) is 9.41. The van der Waals surface area contributed by atoms with Crippen LogP contribution >= 0.6 is 12.2 Å². The Hall–Kier alpha value is -3.88. The summed E-state index contributed by atoms with van der Waals surface area (Å²) in [6, 6.07) is 18.5. The highest BCUT2D eigenvalue weighted by Crippen LogP contribution is 2.35. The van der Waals surface area contributed by atoms with Gasteiger partial charge < -0.3 is 19.9 Å². The summed E-state index contributed by atoms with van der Waals surface area (Å²) in [5.74, 6) is 7.23. The van der Waals surface area contributed by atoms with Crippen LogP contribution in [0.4, 0.5) is 17.1 Å². The second-order valence-electron chi connectivity index (χ2n) is 11.4. The van der Waals surface area contributed by atoms with E-state index < -0.39 is 0 Å². The SMILES string of the molecule is C=C/C=C(\CN=CN(CC)c1ccc(NC(=S)N(N)c2cc(C(C)(C)C)ccc2OC)c2ccccc12)N1CCCC1.CC.CC. The van der Waals surface area contributed by atoms with E-state index in [1.54, 1.807) is 7.11 Å². The predicted octanol–water partition coefficient (Wildman–Crippen LogP) is 9.30. The van der Waals surface area contributed by atoms with Gasteiger partial charge in [-0.2, -0.15) is 0 Å². The maximum atomic E-state index is 6.57. The summed E-state index contributed by atoms with van der Waals surface area (Å²) >= 11 is 5.79. The number of anilines is 3. The lowest BCUT2D eigenvalue weighted by Crippen LogP contribution is -2.41. The molecule has 0 unspecified atom stereocenters. The van der Waals surface area contributed by atoms with Gasteiger partial charge in [0.05, 0.1) is 20.0 Å². The molecule has 0 aliphatic carbocycles. The number of nitrogens with zero attached hydrogens (tertiary/aromatic N) is 4. The molecule has 4 rings (SSSR count). The van der Waals surface area contributed by atoms with Crippen LogP contribution in [0.1, 0.15) is 73.8 Å². The number of hydrazine groups is 1. The van der Waals surface area contributed by atoms with Gasteiger partial charge in [0.15, 0.2) is 5.11 Å². The lowest BCUT2D eigenvalue weighted by atomic mass is 9.87. The van der Waals surface area contributed by atoms with Gasteiger partial charge in [-0.05, 0) is 73.3 Å². The van der Waals surface area contributed by atoms with Gasteiger partial charge in [0.25, 0.3) is 0 Å². The molecule has 1 saturated heterocycles. The number of thiocarbonyl (C=S) groups is 1. The zero-order valence-electron chi connectivity index (χ0n) is 29.6. The molecule has 0 spiro atoms. The zero-order valence-corrected chi connectivity index (χ0v) is 30.4. The van der Waals surface area contributed by atoms with Crippen molar-refractivity contribution in [1.29, 1.82) is 0 Å². The van der Waals surface area contributed by atoms with Crippen molar-refractivity contribution in [2.24, 2.45) is 10.8 Å². The first-order chi connectivity index (χ1) is 22.2. The van der Waals surface area contributed by atoms with E-state index in [0.29, 0.717) is 23.1 Å². The minimum atomic E-state index is -0.0465. The average Bonchev–Trinajstić information content (AvgIpc) is 3.62. The van der Waals surface area contributed by atoms with Crippen molar-refractivity contribution in [2.45, 2.75) is 73.6 Å². The average molecular weight is 645 g/mol. The molecule has 3 N–H and O–H groups in total. The van der Waals surface area contributed by atoms with Gasteiger partial charge in [0.2, 0.25) is 0 Å². The molecule has 0 amide bonds. The van der Waals surface area contributed by atoms with E-state index in [1.165, 1.54) is 23.5 Å². The van der Waals surface area contributed by atoms with Gasteiger partial charge >= 0.3 is 0 Å². The van der Waals surface area contributed by atoms with E-state index in [1.807, 2.05) is 64.4 Å². The maximum absolute atomic E-state index is 6.57. The Kier molecular flexibility index (Phi) is 15.8. The molecule has 3 aromatic rings. The summed E-state index contributed by atoms with van der Waals surface area (Å²) < 4.78 is 5.61. The number of allylic oxidation sites excluding steroid dienone is 2. The van der Waals surface area contributed by atoms with Crippen LogP contribution in [-0.4, -0.2) is 49.6 Å². The lowest BCUT2D eigenvalue weighted by Gasteiger charge is -2.27. The highest BCUT2D eigenvalue weighted by Gasteiger charge is 2.21. The van der Waals surface area contributed by atoms with Gasteiger partial charge in [-0.1, -0.05) is 91.5 Å². The van der Waals surface area contributed by atoms with E-state index in [2.05, 4.69) is 85.8 Å². The second kappa shape index (κ2) is 18.9. The van der Waals surface area contributed by atoms with Gasteiger partial charge in [-0.3, -0.25) is 10.0 Å². The summed E-state index contributed by atoms with van der Waals surface area (Å²) in [6.45, 7) is 24.1. The number of nitrogens with two attached hydrogens (primary N) is 1. The highest BCUT2D eigenvalue weighted by molar-refractivity contribution is 7.80. The highest BCUT2D eigenvalue weighted by atomic mass is 32.1. The number of hydrogen-bond acceptors (Lipinski definition) is 5. The van der Waals surface area contributed by atoms with Crippen molar-refractivity contribution in [3.05, 3.63) is 84.6 Å². The molecule has 0 saturated carbocycles. The van der Waals surface area contributed by atoms with Gasteiger partial charge in [0, 0.05) is 47.5 Å². The first-order valence-electron chi connectivity index (χ1n) is 16.6. The minimum Gasteiger partial charge on any atom is -0.495 e. The Bertz CT molecular complexity index is 1470. The summed E-state index contributed by atoms with van der Waals surface area (Å²) in [7, 11) is 1.64. The number of methoxy groups -OCH3 is 1. The summed E-state index contributed by atoms with van der Waals surface area (Å²) in [6.07, 6.45) is 8.34. The maximum Gasteiger partial charge on any atom is 0.192 e. The largest absolute Gasteiger partial charge is 0.495 e. The number of aliphatic imine (C=N–C) groups is 1. The van der Waals surface area contributed by atoms with Crippen molar-refractivity contribution in [3.63, 3.8) is 0 Å². The number of nitrogens with one attached hydrogen (secondary N) is 1. The first-order valence-corrected chi connectivity index (χ1v) is 17.0. The van der Waals surface area contributed by atoms with Crippen LogP contribution in [0.3, 0.4) is 0 Å². The van der Waals surface area contributed by atoms with Gasteiger partial charge in [0.1, 0.15) is 11.4 Å². The van der Waals surface area contributed by atoms with E-state index in [0.717, 1.165) is 47.3 Å². The summed E-state index contributed by atoms with van der Waals surface area (Å²) in [5.41, 5.74) is 4.96. The van der Waals surface area contributed by atoms with E-state index in [9.17, 15) is 0 Å². The van der Waals surface area contributed by atoms with Crippen molar-refractivity contribution in [2.75, 3.05) is 48.5 Å².